The first-order valence-electron chi connectivity index (χ1n) is 6.99. The van der Waals surface area contributed by atoms with Gasteiger partial charge in [0.05, 0.1) is 0 Å². The molecule has 2 amide bonds. The summed E-state index contributed by atoms with van der Waals surface area (Å²) < 4.78 is 36.5. The molecule has 0 fully saturated rings. The number of carbonyl (C=O) groups excluding carboxylic acids is 1. The van der Waals surface area contributed by atoms with E-state index >= 15 is 0 Å². The van der Waals surface area contributed by atoms with Crippen molar-refractivity contribution in [2.75, 3.05) is 18.7 Å². The molecule has 0 bridgehead atoms. The summed E-state index contributed by atoms with van der Waals surface area (Å²) in [7, 11) is 0. The minimum absolute atomic E-state index is 0.0584. The highest BCUT2D eigenvalue weighted by atomic mass is 19.1. The number of rotatable bonds is 4. The number of carbonyl (C=O) groups is 1. The van der Waals surface area contributed by atoms with E-state index in [4.69, 9.17) is 9.47 Å². The van der Waals surface area contributed by atoms with Gasteiger partial charge in [0.15, 0.2) is 11.5 Å². The van der Waals surface area contributed by atoms with Crippen LogP contribution in [0.1, 0.15) is 5.56 Å². The number of hydrogen-bond acceptors (Lipinski definition) is 3. The van der Waals surface area contributed by atoms with Crippen LogP contribution in [0.15, 0.2) is 36.4 Å². The number of benzene rings is 2. The second kappa shape index (κ2) is 6.51. The zero-order valence-corrected chi connectivity index (χ0v) is 12.1. The highest BCUT2D eigenvalue weighted by molar-refractivity contribution is 5.89. The van der Waals surface area contributed by atoms with Gasteiger partial charge in [-0.1, -0.05) is 6.07 Å². The van der Waals surface area contributed by atoms with E-state index in [9.17, 15) is 13.6 Å². The number of ether oxygens (including phenoxy) is 2. The van der Waals surface area contributed by atoms with Crippen LogP contribution in [0.3, 0.4) is 0 Å². The molecule has 2 aromatic rings. The molecular formula is C16H14F2N2O3. The van der Waals surface area contributed by atoms with Gasteiger partial charge in [0.1, 0.15) is 11.6 Å². The van der Waals surface area contributed by atoms with E-state index in [0.29, 0.717) is 24.5 Å². The van der Waals surface area contributed by atoms with Gasteiger partial charge in [-0.05, 0) is 36.2 Å². The largest absolute Gasteiger partial charge is 0.454 e. The molecule has 0 unspecified atom stereocenters. The topological polar surface area (TPSA) is 59.6 Å². The predicted molar refractivity (Wildman–Crippen MR) is 79.6 cm³/mol. The van der Waals surface area contributed by atoms with Crippen LogP contribution in [0, 0.1) is 11.6 Å². The zero-order chi connectivity index (χ0) is 16.2. The Kier molecular flexibility index (Phi) is 4.27. The van der Waals surface area contributed by atoms with Gasteiger partial charge in [-0.15, -0.1) is 0 Å². The highest BCUT2D eigenvalue weighted by Gasteiger charge is 2.13. The van der Waals surface area contributed by atoms with Crippen LogP contribution in [0.25, 0.3) is 0 Å². The van der Waals surface area contributed by atoms with Crippen molar-refractivity contribution in [2.45, 2.75) is 6.42 Å². The molecule has 7 heteroatoms. The fourth-order valence-corrected chi connectivity index (χ4v) is 2.22. The van der Waals surface area contributed by atoms with Gasteiger partial charge in [-0.2, -0.15) is 0 Å². The smallest absolute Gasteiger partial charge is 0.319 e. The predicted octanol–water partition coefficient (Wildman–Crippen LogP) is 3.06. The summed E-state index contributed by atoms with van der Waals surface area (Å²) in [4.78, 5) is 11.7. The third-order valence-corrected chi connectivity index (χ3v) is 3.26. The van der Waals surface area contributed by atoms with Gasteiger partial charge in [0.2, 0.25) is 6.79 Å². The minimum atomic E-state index is -0.749. The SMILES string of the molecule is O=C(NCCc1ccc2c(c1)OCO2)Nc1cc(F)cc(F)c1. The molecule has 1 heterocycles. The van der Waals surface area contributed by atoms with E-state index in [1.807, 2.05) is 18.2 Å². The number of amides is 2. The summed E-state index contributed by atoms with van der Waals surface area (Å²) in [5.41, 5.74) is 1.04. The molecule has 0 aromatic heterocycles. The van der Waals surface area contributed by atoms with Gasteiger partial charge in [-0.3, -0.25) is 0 Å². The van der Waals surface area contributed by atoms with Gasteiger partial charge in [-0.25, -0.2) is 13.6 Å². The van der Waals surface area contributed by atoms with Crippen LogP contribution in [0.5, 0.6) is 11.5 Å². The van der Waals surface area contributed by atoms with Gasteiger partial charge in [0, 0.05) is 18.3 Å². The fourth-order valence-electron chi connectivity index (χ4n) is 2.22. The third-order valence-electron chi connectivity index (χ3n) is 3.26. The molecule has 2 aromatic carbocycles. The van der Waals surface area contributed by atoms with Crippen molar-refractivity contribution in [3.05, 3.63) is 53.6 Å². The normalized spacial score (nSPS) is 12.1. The van der Waals surface area contributed by atoms with Gasteiger partial charge in [0.25, 0.3) is 0 Å². The average Bonchev–Trinajstić information content (AvgIpc) is 2.93. The van der Waals surface area contributed by atoms with Crippen molar-refractivity contribution in [3.63, 3.8) is 0 Å². The summed E-state index contributed by atoms with van der Waals surface area (Å²) in [5.74, 6) is -0.115. The second-order valence-corrected chi connectivity index (χ2v) is 4.98. The summed E-state index contributed by atoms with van der Waals surface area (Å²) in [6, 6.07) is 7.84. The van der Waals surface area contributed by atoms with E-state index in [0.717, 1.165) is 23.8 Å². The molecule has 0 atom stereocenters. The Morgan fingerprint density at radius 2 is 1.78 bits per heavy atom. The summed E-state index contributed by atoms with van der Waals surface area (Å²) >= 11 is 0. The lowest BCUT2D eigenvalue weighted by atomic mass is 10.1. The monoisotopic (exact) mass is 320 g/mol. The molecule has 5 nitrogen and oxygen atoms in total. The molecule has 0 radical (unpaired) electrons. The quantitative estimate of drug-likeness (QED) is 0.910. The maximum Gasteiger partial charge on any atom is 0.319 e. The van der Waals surface area contributed by atoms with Gasteiger partial charge < -0.3 is 20.1 Å². The molecule has 23 heavy (non-hydrogen) atoms. The van der Waals surface area contributed by atoms with Crippen LogP contribution < -0.4 is 20.1 Å². The van der Waals surface area contributed by atoms with E-state index in [1.54, 1.807) is 0 Å². The lowest BCUT2D eigenvalue weighted by Gasteiger charge is -2.08. The zero-order valence-electron chi connectivity index (χ0n) is 12.1. The lowest BCUT2D eigenvalue weighted by Crippen LogP contribution is -2.30. The maximum atomic E-state index is 13.0. The first-order chi connectivity index (χ1) is 11.1. The first kappa shape index (κ1) is 15.1. The van der Waals surface area contributed by atoms with Crippen molar-refractivity contribution in [3.8, 4) is 11.5 Å². The van der Waals surface area contributed by atoms with Crippen LogP contribution in [-0.2, 0) is 6.42 Å². The van der Waals surface area contributed by atoms with E-state index < -0.39 is 17.7 Å². The van der Waals surface area contributed by atoms with Crippen molar-refractivity contribution in [1.82, 2.24) is 5.32 Å². The number of hydrogen-bond donors (Lipinski definition) is 2. The van der Waals surface area contributed by atoms with Crippen LogP contribution in [-0.4, -0.2) is 19.4 Å². The second-order valence-electron chi connectivity index (χ2n) is 4.98. The number of halogens is 2. The Labute approximate surface area is 131 Å². The molecule has 0 saturated heterocycles. The Balaban J connectivity index is 1.49. The number of fused-ring (bicyclic) bond motifs is 1. The molecular weight excluding hydrogens is 306 g/mol. The number of nitrogens with one attached hydrogen (secondary N) is 2. The van der Waals surface area contributed by atoms with Crippen molar-refractivity contribution < 1.29 is 23.0 Å². The maximum absolute atomic E-state index is 13.0. The van der Waals surface area contributed by atoms with Crippen LogP contribution in [0.2, 0.25) is 0 Å². The Morgan fingerprint density at radius 3 is 2.57 bits per heavy atom. The molecule has 1 aliphatic rings. The number of anilines is 1. The average molecular weight is 320 g/mol. The molecule has 2 N–H and O–H groups in total. The van der Waals surface area contributed by atoms with E-state index in [1.165, 1.54) is 0 Å². The Morgan fingerprint density at radius 1 is 1.04 bits per heavy atom. The van der Waals surface area contributed by atoms with Crippen LogP contribution >= 0.6 is 0 Å². The fraction of sp³-hybridized carbons (Fsp3) is 0.188. The number of urea groups is 1. The van der Waals surface area contributed by atoms with Crippen molar-refractivity contribution in [1.29, 1.82) is 0 Å². The highest BCUT2D eigenvalue weighted by Crippen LogP contribution is 2.32. The molecule has 0 saturated carbocycles. The first-order valence-corrected chi connectivity index (χ1v) is 6.99. The van der Waals surface area contributed by atoms with Crippen molar-refractivity contribution in [2.24, 2.45) is 0 Å². The molecule has 3 rings (SSSR count). The molecule has 0 aliphatic carbocycles. The standard InChI is InChI=1S/C16H14F2N2O3/c17-11-6-12(18)8-13(7-11)20-16(21)19-4-3-10-1-2-14-15(5-10)23-9-22-14/h1-2,5-8H,3-4,9H2,(H2,19,20,21). The molecule has 0 spiro atoms. The third kappa shape index (κ3) is 3.88. The summed E-state index contributed by atoms with van der Waals surface area (Å²) in [5, 5.41) is 5.00. The Hall–Kier alpha value is -2.83. The minimum Gasteiger partial charge on any atom is -0.454 e. The van der Waals surface area contributed by atoms with Crippen molar-refractivity contribution >= 4 is 11.7 Å². The lowest BCUT2D eigenvalue weighted by molar-refractivity contribution is 0.174. The molecule has 120 valence electrons. The summed E-state index contributed by atoms with van der Waals surface area (Å²) in [6.45, 7) is 0.576. The molecule has 1 aliphatic heterocycles. The van der Waals surface area contributed by atoms with E-state index in [-0.39, 0.29) is 12.5 Å². The Bertz CT molecular complexity index is 717. The van der Waals surface area contributed by atoms with Crippen LogP contribution in [0.4, 0.5) is 19.3 Å². The van der Waals surface area contributed by atoms with Gasteiger partial charge >= 0.3 is 6.03 Å². The van der Waals surface area contributed by atoms with E-state index in [2.05, 4.69) is 10.6 Å². The summed E-state index contributed by atoms with van der Waals surface area (Å²) in [6.07, 6.45) is 0.585.